The van der Waals surface area contributed by atoms with Crippen LogP contribution in [0.1, 0.15) is 57.4 Å². The van der Waals surface area contributed by atoms with E-state index in [0.717, 1.165) is 30.0 Å². The molecular formula is C21H31NO. The Morgan fingerprint density at radius 2 is 1.57 bits per heavy atom. The molecule has 0 N–H and O–H groups in total. The molecule has 1 aromatic carbocycles. The Morgan fingerprint density at radius 3 is 2.04 bits per heavy atom. The van der Waals surface area contributed by atoms with Gasteiger partial charge in [-0.3, -0.25) is 4.90 Å². The van der Waals surface area contributed by atoms with E-state index in [2.05, 4.69) is 36.1 Å². The van der Waals surface area contributed by atoms with Gasteiger partial charge in [0.25, 0.3) is 0 Å². The van der Waals surface area contributed by atoms with Crippen molar-refractivity contribution in [2.75, 3.05) is 13.7 Å². The molecule has 0 radical (unpaired) electrons. The lowest BCUT2D eigenvalue weighted by Crippen LogP contribution is -2.59. The lowest BCUT2D eigenvalue weighted by Gasteiger charge is -2.60. The minimum absolute atomic E-state index is 0.519. The third-order valence-electron chi connectivity index (χ3n) is 6.70. The van der Waals surface area contributed by atoms with Crippen LogP contribution >= 0.6 is 0 Å². The largest absolute Gasteiger partial charge is 0.497 e. The molecule has 23 heavy (non-hydrogen) atoms. The van der Waals surface area contributed by atoms with Crippen LogP contribution in [0.25, 0.3) is 0 Å². The van der Waals surface area contributed by atoms with Gasteiger partial charge in [0.1, 0.15) is 5.75 Å². The van der Waals surface area contributed by atoms with Crippen LogP contribution in [0.15, 0.2) is 24.3 Å². The zero-order valence-corrected chi connectivity index (χ0v) is 14.8. The number of hydrogen-bond acceptors (Lipinski definition) is 2. The van der Waals surface area contributed by atoms with Crippen LogP contribution in [-0.2, 0) is 6.54 Å². The first kappa shape index (κ1) is 15.5. The molecule has 126 valence electrons. The van der Waals surface area contributed by atoms with Crippen molar-refractivity contribution >= 4 is 0 Å². The van der Waals surface area contributed by atoms with Gasteiger partial charge in [0.05, 0.1) is 7.11 Å². The van der Waals surface area contributed by atoms with Crippen LogP contribution < -0.4 is 4.74 Å². The first-order valence-electron chi connectivity index (χ1n) is 9.59. The molecule has 5 rings (SSSR count). The van der Waals surface area contributed by atoms with Crippen molar-refractivity contribution in [2.45, 2.75) is 64.0 Å². The lowest BCUT2D eigenvalue weighted by atomic mass is 9.52. The summed E-state index contributed by atoms with van der Waals surface area (Å²) in [5.74, 6) is 4.04. The van der Waals surface area contributed by atoms with Crippen molar-refractivity contribution in [3.8, 4) is 5.75 Å². The van der Waals surface area contributed by atoms with Gasteiger partial charge in [-0.15, -0.1) is 0 Å². The summed E-state index contributed by atoms with van der Waals surface area (Å²) in [6.45, 7) is 4.70. The monoisotopic (exact) mass is 313 g/mol. The van der Waals surface area contributed by atoms with Gasteiger partial charge in [-0.25, -0.2) is 0 Å². The fourth-order valence-corrected chi connectivity index (χ4v) is 6.16. The number of ether oxygens (including phenoxy) is 1. The van der Waals surface area contributed by atoms with E-state index >= 15 is 0 Å². The third-order valence-corrected chi connectivity index (χ3v) is 6.70. The van der Waals surface area contributed by atoms with Crippen molar-refractivity contribution in [3.05, 3.63) is 29.8 Å². The van der Waals surface area contributed by atoms with Gasteiger partial charge >= 0.3 is 0 Å². The van der Waals surface area contributed by atoms with Gasteiger partial charge in [0, 0.05) is 12.1 Å². The maximum atomic E-state index is 5.31. The molecule has 4 bridgehead atoms. The van der Waals surface area contributed by atoms with Crippen molar-refractivity contribution < 1.29 is 4.74 Å². The van der Waals surface area contributed by atoms with Crippen LogP contribution in [0.5, 0.6) is 5.75 Å². The van der Waals surface area contributed by atoms with E-state index in [-0.39, 0.29) is 0 Å². The smallest absolute Gasteiger partial charge is 0.118 e. The molecule has 0 saturated heterocycles. The van der Waals surface area contributed by atoms with E-state index in [1.807, 2.05) is 0 Å². The number of rotatable bonds is 6. The molecule has 0 aliphatic heterocycles. The molecule has 0 amide bonds. The predicted molar refractivity (Wildman–Crippen MR) is 94.6 cm³/mol. The standard InChI is InChI=1S/C21H31NO/c1-3-8-22(15-16-4-6-20(23-2)7-5-16)21-12-17-9-18(13-21)11-19(10-17)14-21/h4-7,17-19H,3,8-15H2,1-2H3. The van der Waals surface area contributed by atoms with Crippen molar-refractivity contribution in [2.24, 2.45) is 17.8 Å². The minimum atomic E-state index is 0.519. The van der Waals surface area contributed by atoms with Gasteiger partial charge in [-0.1, -0.05) is 19.1 Å². The molecule has 4 saturated carbocycles. The van der Waals surface area contributed by atoms with Crippen LogP contribution in [0.2, 0.25) is 0 Å². The quantitative estimate of drug-likeness (QED) is 0.742. The fourth-order valence-electron chi connectivity index (χ4n) is 6.16. The molecule has 0 spiro atoms. The molecule has 2 heteroatoms. The maximum Gasteiger partial charge on any atom is 0.118 e. The highest BCUT2D eigenvalue weighted by Gasteiger charge is 2.53. The summed E-state index contributed by atoms with van der Waals surface area (Å²) in [4.78, 5) is 2.86. The number of benzene rings is 1. The summed E-state index contributed by atoms with van der Waals surface area (Å²) in [6.07, 6.45) is 10.3. The highest BCUT2D eigenvalue weighted by atomic mass is 16.5. The van der Waals surface area contributed by atoms with Crippen molar-refractivity contribution in [1.29, 1.82) is 0 Å². The normalized spacial score (nSPS) is 35.0. The van der Waals surface area contributed by atoms with E-state index < -0.39 is 0 Å². The average molecular weight is 313 g/mol. The first-order valence-corrected chi connectivity index (χ1v) is 9.59. The Morgan fingerprint density at radius 1 is 1.00 bits per heavy atom. The maximum absolute atomic E-state index is 5.31. The number of hydrogen-bond donors (Lipinski definition) is 0. The van der Waals surface area contributed by atoms with Crippen LogP contribution in [-0.4, -0.2) is 24.1 Å². The predicted octanol–water partition coefficient (Wildman–Crippen LogP) is 4.88. The summed E-state index contributed by atoms with van der Waals surface area (Å²) in [6, 6.07) is 8.72. The molecule has 0 heterocycles. The number of methoxy groups -OCH3 is 1. The van der Waals surface area contributed by atoms with Crippen LogP contribution in [0.3, 0.4) is 0 Å². The second-order valence-electron chi connectivity index (χ2n) is 8.41. The molecule has 4 aliphatic carbocycles. The SMILES string of the molecule is CCCN(Cc1ccc(OC)cc1)C12CC3CC(CC(C3)C1)C2. The summed E-state index contributed by atoms with van der Waals surface area (Å²) >= 11 is 0. The molecule has 1 aromatic rings. The van der Waals surface area contributed by atoms with Crippen molar-refractivity contribution in [3.63, 3.8) is 0 Å². The Bertz CT molecular complexity index is 500. The summed E-state index contributed by atoms with van der Waals surface area (Å²) in [7, 11) is 1.74. The number of nitrogens with zero attached hydrogens (tertiary/aromatic N) is 1. The average Bonchev–Trinajstić information content (AvgIpc) is 2.54. The van der Waals surface area contributed by atoms with Crippen LogP contribution in [0.4, 0.5) is 0 Å². The molecular weight excluding hydrogens is 282 g/mol. The Balaban J connectivity index is 1.55. The molecule has 0 unspecified atom stereocenters. The summed E-state index contributed by atoms with van der Waals surface area (Å²) in [5, 5.41) is 0. The zero-order chi connectivity index (χ0) is 15.9. The highest BCUT2D eigenvalue weighted by Crippen LogP contribution is 2.58. The molecule has 4 fully saturated rings. The molecule has 0 atom stereocenters. The summed E-state index contributed by atoms with van der Waals surface area (Å²) in [5.41, 5.74) is 1.96. The van der Waals surface area contributed by atoms with E-state index in [4.69, 9.17) is 4.74 Å². The molecule has 0 aromatic heterocycles. The van der Waals surface area contributed by atoms with Gasteiger partial charge in [-0.2, -0.15) is 0 Å². The van der Waals surface area contributed by atoms with E-state index in [1.54, 1.807) is 7.11 Å². The van der Waals surface area contributed by atoms with Crippen molar-refractivity contribution in [1.82, 2.24) is 4.90 Å². The Labute approximate surface area is 141 Å². The van der Waals surface area contributed by atoms with E-state index in [0.29, 0.717) is 5.54 Å². The first-order chi connectivity index (χ1) is 11.2. The third kappa shape index (κ3) is 2.91. The van der Waals surface area contributed by atoms with Crippen LogP contribution in [0, 0.1) is 17.8 Å². The van der Waals surface area contributed by atoms with Gasteiger partial charge in [0.2, 0.25) is 0 Å². The zero-order valence-electron chi connectivity index (χ0n) is 14.8. The second kappa shape index (κ2) is 6.12. The second-order valence-corrected chi connectivity index (χ2v) is 8.41. The molecule has 2 nitrogen and oxygen atoms in total. The minimum Gasteiger partial charge on any atom is -0.497 e. The topological polar surface area (TPSA) is 12.5 Å². The molecule has 4 aliphatic rings. The van der Waals surface area contributed by atoms with Gasteiger partial charge < -0.3 is 4.74 Å². The Kier molecular flexibility index (Phi) is 4.13. The van der Waals surface area contributed by atoms with E-state index in [1.165, 1.54) is 57.1 Å². The highest BCUT2D eigenvalue weighted by molar-refractivity contribution is 5.27. The van der Waals surface area contributed by atoms with Gasteiger partial charge in [-0.05, 0) is 86.9 Å². The van der Waals surface area contributed by atoms with E-state index in [9.17, 15) is 0 Å². The Hall–Kier alpha value is -1.02. The summed E-state index contributed by atoms with van der Waals surface area (Å²) < 4.78 is 5.31. The van der Waals surface area contributed by atoms with Gasteiger partial charge in [0.15, 0.2) is 0 Å². The fraction of sp³-hybridized carbons (Fsp3) is 0.714. The lowest BCUT2D eigenvalue weighted by molar-refractivity contribution is -0.0924.